The van der Waals surface area contributed by atoms with Gasteiger partial charge in [-0.3, -0.25) is 14.4 Å². The second kappa shape index (κ2) is 11.2. The van der Waals surface area contributed by atoms with E-state index in [1.54, 1.807) is 0 Å². The van der Waals surface area contributed by atoms with Crippen molar-refractivity contribution in [3.63, 3.8) is 0 Å². The van der Waals surface area contributed by atoms with Crippen LogP contribution in [0.25, 0.3) is 11.0 Å². The molecule has 2 aromatic carbocycles. The number of hydrogen-bond donors (Lipinski definition) is 4. The van der Waals surface area contributed by atoms with Crippen molar-refractivity contribution in [1.82, 2.24) is 14.5 Å². The number of ether oxygens (including phenoxy) is 1. The summed E-state index contributed by atoms with van der Waals surface area (Å²) in [5.41, 5.74) is -2.24. The van der Waals surface area contributed by atoms with Crippen LogP contribution in [0.3, 0.4) is 0 Å². The third-order valence-corrected chi connectivity index (χ3v) is 6.32. The van der Waals surface area contributed by atoms with E-state index >= 15 is 0 Å². The molecule has 0 saturated heterocycles. The third-order valence-electron chi connectivity index (χ3n) is 5.98. The van der Waals surface area contributed by atoms with Gasteiger partial charge in [-0.25, -0.2) is 18.1 Å². The average molecular weight is 576 g/mol. The van der Waals surface area contributed by atoms with Crippen LogP contribution in [0.5, 0.6) is 5.75 Å². The monoisotopic (exact) mass is 575 g/mol. The van der Waals surface area contributed by atoms with Gasteiger partial charge in [-0.2, -0.15) is 0 Å². The minimum absolute atomic E-state index is 0.00240. The maximum Gasteiger partial charge on any atom is 0.333 e. The summed E-state index contributed by atoms with van der Waals surface area (Å²) in [5, 5.41) is 19.2. The number of imidazole rings is 1. The minimum Gasteiger partial charge on any atom is -0.487 e. The maximum absolute atomic E-state index is 14.2. The fourth-order valence-electron chi connectivity index (χ4n) is 4.21. The predicted molar refractivity (Wildman–Crippen MR) is 141 cm³/mol. The highest BCUT2D eigenvalue weighted by Crippen LogP contribution is 2.30. The predicted octanol–water partition coefficient (Wildman–Crippen LogP) is 3.10. The zero-order valence-electron chi connectivity index (χ0n) is 21.3. The lowest BCUT2D eigenvalue weighted by Crippen LogP contribution is -2.26. The first-order valence-corrected chi connectivity index (χ1v) is 12.3. The topological polar surface area (TPSA) is 154 Å². The van der Waals surface area contributed by atoms with Gasteiger partial charge in [-0.1, -0.05) is 11.6 Å². The first kappa shape index (κ1) is 28.9. The molecule has 4 N–H and O–H groups in total. The van der Waals surface area contributed by atoms with Gasteiger partial charge in [-0.15, -0.1) is 0 Å². The number of Topliss-reactive ketones (excluding diaryl/α,β-unsaturated/α-hetero) is 1. The van der Waals surface area contributed by atoms with E-state index in [1.807, 2.05) is 0 Å². The Kier molecular flexibility index (Phi) is 8.05. The number of H-pyrrole nitrogens is 2. The van der Waals surface area contributed by atoms with E-state index in [0.29, 0.717) is 21.8 Å². The van der Waals surface area contributed by atoms with Crippen molar-refractivity contribution < 1.29 is 33.3 Å². The molecule has 2 heterocycles. The molecule has 0 saturated carbocycles. The molecule has 0 aliphatic rings. The number of fused-ring (bicyclic) bond motifs is 1. The molecule has 2 aromatic heterocycles. The summed E-state index contributed by atoms with van der Waals surface area (Å²) in [6.07, 6.45) is 0.939. The van der Waals surface area contributed by atoms with Gasteiger partial charge in [0.25, 0.3) is 11.5 Å². The van der Waals surface area contributed by atoms with Gasteiger partial charge in [0.1, 0.15) is 35.6 Å². The standard InChI is InChI=1S/C27H24ClF2N3O7/c1-27(2,39)9-20(35)17-6-13(7-19-23(17)32-26(38)33(19)21(36)11-34)5-15-10-31-25(37)22(28)24(15)40-12-14-3-4-16(29)8-18(14)30/h3-4,6-8,10,34,39H,5,9,11-12H2,1-2H3,(H,31,37)(H,32,38). The Balaban J connectivity index is 1.81. The summed E-state index contributed by atoms with van der Waals surface area (Å²) >= 11 is 6.21. The van der Waals surface area contributed by atoms with Crippen LogP contribution < -0.4 is 16.0 Å². The lowest BCUT2D eigenvalue weighted by molar-refractivity contribution is 0.0588. The summed E-state index contributed by atoms with van der Waals surface area (Å²) in [4.78, 5) is 55.2. The lowest BCUT2D eigenvalue weighted by atomic mass is 9.94. The number of pyridine rings is 1. The average Bonchev–Trinajstić information content (AvgIpc) is 3.20. The number of hydrogen-bond acceptors (Lipinski definition) is 7. The number of benzene rings is 2. The van der Waals surface area contributed by atoms with E-state index in [0.717, 1.165) is 6.07 Å². The molecule has 0 aliphatic heterocycles. The van der Waals surface area contributed by atoms with Crippen molar-refractivity contribution in [2.24, 2.45) is 0 Å². The summed E-state index contributed by atoms with van der Waals surface area (Å²) < 4.78 is 33.8. The number of aromatic nitrogens is 3. The van der Waals surface area contributed by atoms with Crippen LogP contribution in [-0.4, -0.2) is 48.6 Å². The summed E-state index contributed by atoms with van der Waals surface area (Å²) in [5.74, 6) is -3.21. The lowest BCUT2D eigenvalue weighted by Gasteiger charge is -2.17. The zero-order valence-corrected chi connectivity index (χ0v) is 22.1. The van der Waals surface area contributed by atoms with E-state index < -0.39 is 46.8 Å². The molecule has 0 amide bonds. The Labute approximate surface area is 229 Å². The molecule has 10 nitrogen and oxygen atoms in total. The Morgan fingerprint density at radius 2 is 1.85 bits per heavy atom. The van der Waals surface area contributed by atoms with Crippen molar-refractivity contribution in [3.8, 4) is 5.75 Å². The van der Waals surface area contributed by atoms with Gasteiger partial charge < -0.3 is 24.9 Å². The smallest absolute Gasteiger partial charge is 0.333 e. The Morgan fingerprint density at radius 1 is 1.12 bits per heavy atom. The number of nitrogens with one attached hydrogen (secondary N) is 2. The zero-order chi connectivity index (χ0) is 29.4. The van der Waals surface area contributed by atoms with E-state index in [1.165, 1.54) is 38.2 Å². The third kappa shape index (κ3) is 6.03. The van der Waals surface area contributed by atoms with Gasteiger partial charge in [0.15, 0.2) is 5.78 Å². The Morgan fingerprint density at radius 3 is 2.50 bits per heavy atom. The second-order valence-electron chi connectivity index (χ2n) is 9.75. The molecular formula is C27H24ClF2N3O7. The molecule has 210 valence electrons. The van der Waals surface area contributed by atoms with Crippen molar-refractivity contribution in [3.05, 3.63) is 96.3 Å². The number of carbonyl (C=O) groups excluding carboxylic acids is 2. The van der Waals surface area contributed by atoms with Crippen LogP contribution in [0.15, 0.2) is 46.1 Å². The SMILES string of the molecule is CC(C)(O)CC(=O)c1cc(Cc2c[nH]c(=O)c(Cl)c2OCc2ccc(F)cc2F)cc2c1[nH]c(=O)n2C(=O)CO. The molecule has 13 heteroatoms. The van der Waals surface area contributed by atoms with Crippen molar-refractivity contribution in [1.29, 1.82) is 0 Å². The molecule has 4 rings (SSSR count). The number of aliphatic hydroxyl groups is 2. The van der Waals surface area contributed by atoms with Crippen LogP contribution in [-0.2, 0) is 13.0 Å². The summed E-state index contributed by atoms with van der Waals surface area (Å²) in [6, 6.07) is 5.80. The number of halogens is 3. The number of nitrogens with zero attached hydrogens (tertiary/aromatic N) is 1. The molecule has 0 fully saturated rings. The first-order valence-electron chi connectivity index (χ1n) is 11.9. The van der Waals surface area contributed by atoms with Crippen LogP contribution in [0.1, 0.15) is 52.1 Å². The van der Waals surface area contributed by atoms with Gasteiger partial charge in [0.05, 0.1) is 16.6 Å². The number of ketones is 1. The van der Waals surface area contributed by atoms with Crippen molar-refractivity contribution in [2.45, 2.75) is 38.9 Å². The molecule has 40 heavy (non-hydrogen) atoms. The normalized spacial score (nSPS) is 11.7. The first-order chi connectivity index (χ1) is 18.8. The van der Waals surface area contributed by atoms with Crippen LogP contribution in [0.4, 0.5) is 8.78 Å². The van der Waals surface area contributed by atoms with Gasteiger partial charge >= 0.3 is 5.69 Å². The second-order valence-corrected chi connectivity index (χ2v) is 10.1. The van der Waals surface area contributed by atoms with Crippen molar-refractivity contribution >= 4 is 34.3 Å². The van der Waals surface area contributed by atoms with Gasteiger partial charge in [0.2, 0.25) is 0 Å². The van der Waals surface area contributed by atoms with Gasteiger partial charge in [-0.05, 0) is 43.7 Å². The molecule has 0 bridgehead atoms. The molecule has 0 atom stereocenters. The Hall–Kier alpha value is -4.13. The minimum atomic E-state index is -1.38. The summed E-state index contributed by atoms with van der Waals surface area (Å²) in [7, 11) is 0. The highest BCUT2D eigenvalue weighted by Gasteiger charge is 2.25. The van der Waals surface area contributed by atoms with Crippen LogP contribution in [0, 0.1) is 11.6 Å². The maximum atomic E-state index is 14.2. The number of carbonyl (C=O) groups is 2. The number of aliphatic hydroxyl groups excluding tert-OH is 1. The van der Waals surface area contributed by atoms with E-state index in [-0.39, 0.29) is 52.4 Å². The van der Waals surface area contributed by atoms with Gasteiger partial charge in [0, 0.05) is 41.8 Å². The number of rotatable bonds is 9. The highest BCUT2D eigenvalue weighted by atomic mass is 35.5. The van der Waals surface area contributed by atoms with E-state index in [2.05, 4.69) is 9.97 Å². The van der Waals surface area contributed by atoms with E-state index in [4.69, 9.17) is 16.3 Å². The fraction of sp³-hybridized carbons (Fsp3) is 0.259. The molecule has 4 aromatic rings. The number of aromatic amines is 2. The van der Waals surface area contributed by atoms with Crippen LogP contribution >= 0.6 is 11.6 Å². The highest BCUT2D eigenvalue weighted by molar-refractivity contribution is 6.32. The van der Waals surface area contributed by atoms with E-state index in [9.17, 15) is 38.2 Å². The quantitative estimate of drug-likeness (QED) is 0.224. The molecule has 0 unspecified atom stereocenters. The molecular weight excluding hydrogens is 552 g/mol. The molecule has 0 radical (unpaired) electrons. The van der Waals surface area contributed by atoms with Crippen LogP contribution in [0.2, 0.25) is 5.02 Å². The summed E-state index contributed by atoms with van der Waals surface area (Å²) in [6.45, 7) is 1.51. The largest absolute Gasteiger partial charge is 0.487 e. The molecule has 0 aliphatic carbocycles. The fourth-order valence-corrected chi connectivity index (χ4v) is 4.45. The molecule has 0 spiro atoms. The Bertz CT molecular complexity index is 1750. The van der Waals surface area contributed by atoms with Crippen molar-refractivity contribution in [2.75, 3.05) is 6.61 Å².